The van der Waals surface area contributed by atoms with Crippen molar-refractivity contribution in [1.29, 1.82) is 0 Å². The Morgan fingerprint density at radius 1 is 1.21 bits per heavy atom. The summed E-state index contributed by atoms with van der Waals surface area (Å²) in [5.74, 6) is 0.721. The first-order chi connectivity index (χ1) is 13.1. The lowest BCUT2D eigenvalue weighted by atomic mass is 9.96. The molecule has 0 aliphatic carbocycles. The maximum Gasteiger partial charge on any atom is 0.231 e. The molecule has 1 saturated heterocycles. The third-order valence-corrected chi connectivity index (χ3v) is 4.97. The second-order valence-electron chi connectivity index (χ2n) is 6.99. The van der Waals surface area contributed by atoms with E-state index in [9.17, 15) is 9.18 Å². The Bertz CT molecular complexity index is 869. The molecule has 2 aliphatic rings. The number of likely N-dealkylation sites (tertiary alicyclic amines) is 1. The fourth-order valence-corrected chi connectivity index (χ4v) is 3.61. The van der Waals surface area contributed by atoms with E-state index in [1.54, 1.807) is 18.2 Å². The molecule has 158 valence electrons. The molecule has 0 radical (unpaired) electrons. The monoisotopic (exact) mass is 443 g/mol. The van der Waals surface area contributed by atoms with Crippen LogP contribution in [0, 0.1) is 11.7 Å². The molecule has 1 atom stereocenters. The van der Waals surface area contributed by atoms with Crippen molar-refractivity contribution in [3.05, 3.63) is 47.8 Å². The smallest absolute Gasteiger partial charge is 0.231 e. The molecule has 2 aromatic rings. The van der Waals surface area contributed by atoms with Crippen LogP contribution in [0.15, 0.2) is 36.4 Å². The van der Waals surface area contributed by atoms with Gasteiger partial charge >= 0.3 is 0 Å². The van der Waals surface area contributed by atoms with E-state index in [1.807, 2.05) is 6.07 Å². The average molecular weight is 444 g/mol. The van der Waals surface area contributed by atoms with Gasteiger partial charge in [0.25, 0.3) is 0 Å². The molecule has 0 spiro atoms. The molecular weight excluding hydrogens is 420 g/mol. The van der Waals surface area contributed by atoms with E-state index in [0.29, 0.717) is 36.0 Å². The van der Waals surface area contributed by atoms with Crippen LogP contribution in [0.25, 0.3) is 0 Å². The lowest BCUT2D eigenvalue weighted by molar-refractivity contribution is -0.121. The summed E-state index contributed by atoms with van der Waals surface area (Å²) in [6.45, 7) is 2.32. The van der Waals surface area contributed by atoms with Gasteiger partial charge in [0.15, 0.2) is 11.5 Å². The van der Waals surface area contributed by atoms with Crippen molar-refractivity contribution in [2.75, 3.05) is 30.9 Å². The average Bonchev–Trinajstić information content (AvgIpc) is 3.09. The van der Waals surface area contributed by atoms with Crippen LogP contribution in [0.3, 0.4) is 0 Å². The fourth-order valence-electron chi connectivity index (χ4n) is 3.61. The van der Waals surface area contributed by atoms with Crippen molar-refractivity contribution < 1.29 is 18.7 Å². The number of piperidine rings is 1. The zero-order valence-corrected chi connectivity index (χ0v) is 17.4. The number of halogens is 3. The molecule has 0 bridgehead atoms. The van der Waals surface area contributed by atoms with E-state index in [2.05, 4.69) is 10.2 Å². The van der Waals surface area contributed by atoms with Gasteiger partial charge in [0, 0.05) is 25.2 Å². The maximum absolute atomic E-state index is 13.4. The first-order valence-electron chi connectivity index (χ1n) is 9.05. The van der Waals surface area contributed by atoms with Gasteiger partial charge in [-0.1, -0.05) is 12.1 Å². The van der Waals surface area contributed by atoms with E-state index in [1.165, 1.54) is 12.1 Å². The van der Waals surface area contributed by atoms with Crippen LogP contribution in [0.2, 0.25) is 0 Å². The van der Waals surface area contributed by atoms with Crippen molar-refractivity contribution >= 4 is 42.1 Å². The van der Waals surface area contributed by atoms with Gasteiger partial charge in [0.05, 0.1) is 17.3 Å². The highest BCUT2D eigenvalue weighted by molar-refractivity contribution is 5.96. The number of carbonyl (C=O) groups is 1. The Morgan fingerprint density at radius 2 is 1.97 bits per heavy atom. The minimum absolute atomic E-state index is 0. The number of anilines is 2. The highest BCUT2D eigenvalue weighted by Gasteiger charge is 2.27. The number of nitrogen functional groups attached to an aromatic ring is 1. The van der Waals surface area contributed by atoms with Crippen molar-refractivity contribution in [2.45, 2.75) is 19.4 Å². The Kier molecular flexibility index (Phi) is 7.96. The summed E-state index contributed by atoms with van der Waals surface area (Å²) in [5, 5.41) is 2.92. The number of fused-ring (bicyclic) bond motifs is 1. The lowest BCUT2D eigenvalue weighted by Gasteiger charge is -2.32. The number of hydrogen-bond acceptors (Lipinski definition) is 5. The molecule has 0 aromatic heterocycles. The zero-order chi connectivity index (χ0) is 18.8. The summed E-state index contributed by atoms with van der Waals surface area (Å²) in [6, 6.07) is 9.95. The first-order valence-corrected chi connectivity index (χ1v) is 9.05. The Morgan fingerprint density at radius 3 is 2.72 bits per heavy atom. The van der Waals surface area contributed by atoms with Gasteiger partial charge < -0.3 is 20.5 Å². The molecule has 1 fully saturated rings. The van der Waals surface area contributed by atoms with Crippen LogP contribution in [-0.2, 0) is 11.3 Å². The molecule has 29 heavy (non-hydrogen) atoms. The zero-order valence-electron chi connectivity index (χ0n) is 15.7. The molecule has 2 aromatic carbocycles. The Balaban J connectivity index is 0.00000150. The summed E-state index contributed by atoms with van der Waals surface area (Å²) in [6.07, 6.45) is 1.74. The minimum atomic E-state index is -0.239. The van der Waals surface area contributed by atoms with Gasteiger partial charge in [0.1, 0.15) is 5.82 Å². The number of benzene rings is 2. The molecule has 4 rings (SSSR count). The van der Waals surface area contributed by atoms with Gasteiger partial charge in [-0.15, -0.1) is 24.8 Å². The predicted octanol–water partition coefficient (Wildman–Crippen LogP) is 3.83. The van der Waals surface area contributed by atoms with Crippen molar-refractivity contribution in [1.82, 2.24) is 4.90 Å². The SMILES string of the molecule is Cl.Cl.Nc1cc2c(cc1NC(=O)C1CCCN(Cc3cccc(F)c3)C1)OCO2. The van der Waals surface area contributed by atoms with Crippen molar-refractivity contribution in [3.63, 3.8) is 0 Å². The molecule has 6 nitrogen and oxygen atoms in total. The lowest BCUT2D eigenvalue weighted by Crippen LogP contribution is -2.40. The van der Waals surface area contributed by atoms with Crippen LogP contribution in [0.4, 0.5) is 15.8 Å². The molecule has 1 amide bonds. The van der Waals surface area contributed by atoms with E-state index in [0.717, 1.165) is 24.9 Å². The Labute approximate surface area is 181 Å². The quantitative estimate of drug-likeness (QED) is 0.702. The molecule has 0 saturated carbocycles. The summed E-state index contributed by atoms with van der Waals surface area (Å²) >= 11 is 0. The Hall–Kier alpha value is -2.22. The number of carbonyl (C=O) groups excluding carboxylic acids is 1. The molecule has 9 heteroatoms. The van der Waals surface area contributed by atoms with Crippen molar-refractivity contribution in [2.24, 2.45) is 5.92 Å². The van der Waals surface area contributed by atoms with Crippen molar-refractivity contribution in [3.8, 4) is 11.5 Å². The minimum Gasteiger partial charge on any atom is -0.454 e. The van der Waals surface area contributed by atoms with E-state index >= 15 is 0 Å². The molecule has 2 aliphatic heterocycles. The van der Waals surface area contributed by atoms with Crippen LogP contribution in [-0.4, -0.2) is 30.7 Å². The van der Waals surface area contributed by atoms with Gasteiger partial charge in [-0.3, -0.25) is 9.69 Å². The summed E-state index contributed by atoms with van der Waals surface area (Å²) in [4.78, 5) is 14.9. The summed E-state index contributed by atoms with van der Waals surface area (Å²) in [7, 11) is 0. The molecular formula is C20H24Cl2FN3O3. The first kappa shape index (κ1) is 23.1. The van der Waals surface area contributed by atoms with Gasteiger partial charge in [-0.2, -0.15) is 0 Å². The third-order valence-electron chi connectivity index (χ3n) is 4.97. The summed E-state index contributed by atoms with van der Waals surface area (Å²) < 4.78 is 24.0. The van der Waals surface area contributed by atoms with Gasteiger partial charge in [-0.05, 0) is 37.1 Å². The summed E-state index contributed by atoms with van der Waals surface area (Å²) in [5.41, 5.74) is 7.91. The number of nitrogens with one attached hydrogen (secondary N) is 1. The van der Waals surface area contributed by atoms with E-state index < -0.39 is 0 Å². The highest BCUT2D eigenvalue weighted by atomic mass is 35.5. The fraction of sp³-hybridized carbons (Fsp3) is 0.350. The van der Waals surface area contributed by atoms with E-state index in [-0.39, 0.29) is 49.2 Å². The number of nitrogens with two attached hydrogens (primary N) is 1. The maximum atomic E-state index is 13.4. The number of ether oxygens (including phenoxy) is 2. The van der Waals surface area contributed by atoms with Gasteiger partial charge in [-0.25, -0.2) is 4.39 Å². The number of amides is 1. The normalized spacial score (nSPS) is 17.8. The van der Waals surface area contributed by atoms with Crippen LogP contribution >= 0.6 is 24.8 Å². The van der Waals surface area contributed by atoms with E-state index in [4.69, 9.17) is 15.2 Å². The largest absolute Gasteiger partial charge is 0.454 e. The van der Waals surface area contributed by atoms with Gasteiger partial charge in [0.2, 0.25) is 12.7 Å². The predicted molar refractivity (Wildman–Crippen MR) is 115 cm³/mol. The highest BCUT2D eigenvalue weighted by Crippen LogP contribution is 2.38. The second-order valence-corrected chi connectivity index (χ2v) is 6.99. The molecule has 3 N–H and O–H groups in total. The molecule has 2 heterocycles. The second kappa shape index (κ2) is 10.0. The number of hydrogen-bond donors (Lipinski definition) is 2. The number of rotatable bonds is 4. The standard InChI is InChI=1S/C20H22FN3O3.2ClH/c21-15-5-1-3-13(7-15)10-24-6-2-4-14(11-24)20(25)23-17-9-19-18(8-16(17)22)26-12-27-19;;/h1,3,5,7-9,14H,2,4,6,10-12,22H2,(H,23,25);2*1H. The topological polar surface area (TPSA) is 76.8 Å². The third kappa shape index (κ3) is 5.44. The van der Waals surface area contributed by atoms with Crippen LogP contribution < -0.4 is 20.5 Å². The number of nitrogens with zero attached hydrogens (tertiary/aromatic N) is 1. The van der Waals surface area contributed by atoms with Crippen LogP contribution in [0.1, 0.15) is 18.4 Å². The molecule has 1 unspecified atom stereocenters. The van der Waals surface area contributed by atoms with Crippen LogP contribution in [0.5, 0.6) is 11.5 Å².